The summed E-state index contributed by atoms with van der Waals surface area (Å²) >= 11 is 0. The van der Waals surface area contributed by atoms with Crippen molar-refractivity contribution in [2.24, 2.45) is 0 Å². The highest BCUT2D eigenvalue weighted by atomic mass is 32.2. The molecule has 4 aromatic heterocycles. The fourth-order valence-electron chi connectivity index (χ4n) is 5.02. The van der Waals surface area contributed by atoms with Gasteiger partial charge in [0.1, 0.15) is 29.7 Å². The fourth-order valence-corrected chi connectivity index (χ4v) is 6.18. The number of benzene rings is 2. The van der Waals surface area contributed by atoms with Crippen LogP contribution in [0.2, 0.25) is 0 Å². The van der Waals surface area contributed by atoms with Crippen molar-refractivity contribution in [2.45, 2.75) is 11.8 Å². The van der Waals surface area contributed by atoms with Crippen LogP contribution in [-0.2, 0) is 9.84 Å². The second kappa shape index (κ2) is 12.2. The van der Waals surface area contributed by atoms with E-state index >= 15 is 0 Å². The third-order valence-electron chi connectivity index (χ3n) is 7.27. The molecule has 12 heteroatoms. The van der Waals surface area contributed by atoms with Crippen LogP contribution in [-0.4, -0.2) is 78.1 Å². The Bertz CT molecular complexity index is 2070. The fraction of sp³-hybridized carbons (Fsp3) is 0.219. The number of nitrogens with zero attached hydrogens (tertiary/aromatic N) is 4. The summed E-state index contributed by atoms with van der Waals surface area (Å²) in [5.74, 6) is -0.0693. The van der Waals surface area contributed by atoms with E-state index in [2.05, 4.69) is 30.5 Å². The summed E-state index contributed by atoms with van der Waals surface area (Å²) in [6.07, 6.45) is 4.62. The van der Waals surface area contributed by atoms with Gasteiger partial charge >= 0.3 is 0 Å². The van der Waals surface area contributed by atoms with Crippen LogP contribution < -0.4 is 10.1 Å². The predicted molar refractivity (Wildman–Crippen MR) is 170 cm³/mol. The number of likely N-dealkylation sites (N-methyl/N-ethyl adjacent to an activating group) is 1. The summed E-state index contributed by atoms with van der Waals surface area (Å²) in [4.78, 5) is 14.3. The Morgan fingerprint density at radius 2 is 1.82 bits per heavy atom. The van der Waals surface area contributed by atoms with Gasteiger partial charge in [-0.25, -0.2) is 17.8 Å². The normalized spacial score (nSPS) is 12.0. The largest absolute Gasteiger partial charge is 0.492 e. The molecule has 0 aliphatic rings. The minimum Gasteiger partial charge on any atom is -0.492 e. The molecule has 0 unspecified atom stereocenters. The highest BCUT2D eigenvalue weighted by Crippen LogP contribution is 2.36. The predicted octanol–water partition coefficient (Wildman–Crippen LogP) is 5.26. The van der Waals surface area contributed by atoms with E-state index in [1.54, 1.807) is 18.5 Å². The monoisotopic (exact) mass is 613 g/mol. The molecule has 10 nitrogen and oxygen atoms in total. The SMILES string of the molecule is CCNCS(=O)(=O)c1cncc(-c2cnc3[nH]nc(-c4cc5c(-c6cc(F)cc(OCCN(C)C)c6)cccc5[nH]4)c3c2)c1. The maximum absolute atomic E-state index is 14.7. The Hall–Kier alpha value is -4.65. The van der Waals surface area contributed by atoms with Gasteiger partial charge in [0.2, 0.25) is 0 Å². The molecule has 0 atom stereocenters. The third-order valence-corrected chi connectivity index (χ3v) is 8.80. The summed E-state index contributed by atoms with van der Waals surface area (Å²) in [6, 6.07) is 16.1. The quantitative estimate of drug-likeness (QED) is 0.181. The van der Waals surface area contributed by atoms with Crippen LogP contribution in [0.4, 0.5) is 4.39 Å². The van der Waals surface area contributed by atoms with E-state index in [4.69, 9.17) is 4.74 Å². The second-order valence-corrected chi connectivity index (χ2v) is 12.7. The summed E-state index contributed by atoms with van der Waals surface area (Å²) in [5.41, 5.74) is 5.71. The maximum Gasteiger partial charge on any atom is 0.192 e. The molecule has 0 saturated heterocycles. The van der Waals surface area contributed by atoms with Gasteiger partial charge in [-0.1, -0.05) is 19.1 Å². The molecule has 3 N–H and O–H groups in total. The first-order valence-corrected chi connectivity index (χ1v) is 15.8. The van der Waals surface area contributed by atoms with Gasteiger partial charge < -0.3 is 19.9 Å². The molecule has 0 amide bonds. The van der Waals surface area contributed by atoms with E-state index in [0.29, 0.717) is 53.5 Å². The molecular formula is C32H32FN7O3S. The first-order chi connectivity index (χ1) is 21.2. The Labute approximate surface area is 254 Å². The number of ether oxygens (including phenoxy) is 1. The molecule has 0 spiro atoms. The average molecular weight is 614 g/mol. The van der Waals surface area contributed by atoms with E-state index in [-0.39, 0.29) is 16.6 Å². The highest BCUT2D eigenvalue weighted by molar-refractivity contribution is 7.91. The smallest absolute Gasteiger partial charge is 0.192 e. The molecule has 0 aliphatic heterocycles. The molecule has 0 aliphatic carbocycles. The molecule has 44 heavy (non-hydrogen) atoms. The summed E-state index contributed by atoms with van der Waals surface area (Å²) in [6.45, 7) is 3.56. The first-order valence-electron chi connectivity index (χ1n) is 14.2. The number of halogens is 1. The van der Waals surface area contributed by atoms with Crippen molar-refractivity contribution >= 4 is 31.8 Å². The van der Waals surface area contributed by atoms with Crippen molar-refractivity contribution in [1.82, 2.24) is 35.4 Å². The molecule has 6 aromatic rings. The summed E-state index contributed by atoms with van der Waals surface area (Å²) in [7, 11) is 0.372. The number of pyridine rings is 2. The van der Waals surface area contributed by atoms with E-state index < -0.39 is 9.84 Å². The number of hydrogen-bond donors (Lipinski definition) is 3. The van der Waals surface area contributed by atoms with Gasteiger partial charge in [-0.3, -0.25) is 10.1 Å². The Morgan fingerprint density at radius 1 is 0.977 bits per heavy atom. The van der Waals surface area contributed by atoms with Crippen molar-refractivity contribution < 1.29 is 17.5 Å². The maximum atomic E-state index is 14.7. The van der Waals surface area contributed by atoms with Crippen molar-refractivity contribution in [2.75, 3.05) is 39.7 Å². The van der Waals surface area contributed by atoms with Gasteiger partial charge in [0.05, 0.1) is 10.6 Å². The lowest BCUT2D eigenvalue weighted by molar-refractivity contribution is 0.260. The highest BCUT2D eigenvalue weighted by Gasteiger charge is 2.18. The number of hydrogen-bond acceptors (Lipinski definition) is 8. The van der Waals surface area contributed by atoms with Gasteiger partial charge in [-0.15, -0.1) is 0 Å². The zero-order chi connectivity index (χ0) is 30.8. The molecule has 2 aromatic carbocycles. The van der Waals surface area contributed by atoms with Crippen molar-refractivity contribution in [3.63, 3.8) is 0 Å². The van der Waals surface area contributed by atoms with Gasteiger partial charge in [-0.2, -0.15) is 5.10 Å². The molecule has 0 bridgehead atoms. The zero-order valence-electron chi connectivity index (χ0n) is 24.6. The average Bonchev–Trinajstić information content (AvgIpc) is 3.63. The minimum absolute atomic E-state index is 0.134. The second-order valence-electron chi connectivity index (χ2n) is 10.7. The third kappa shape index (κ3) is 6.05. The van der Waals surface area contributed by atoms with Crippen LogP contribution in [0.3, 0.4) is 0 Å². The van der Waals surface area contributed by atoms with Crippen LogP contribution in [0, 0.1) is 5.82 Å². The molecule has 0 fully saturated rings. The van der Waals surface area contributed by atoms with Gasteiger partial charge in [0, 0.05) is 58.6 Å². The lowest BCUT2D eigenvalue weighted by Gasteiger charge is -2.12. The Kier molecular flexibility index (Phi) is 8.13. The number of aromatic nitrogens is 5. The van der Waals surface area contributed by atoms with Crippen molar-refractivity contribution in [3.05, 3.63) is 79.0 Å². The van der Waals surface area contributed by atoms with Crippen LogP contribution in [0.15, 0.2) is 78.1 Å². The lowest BCUT2D eigenvalue weighted by Crippen LogP contribution is -2.22. The molecule has 6 rings (SSSR count). The van der Waals surface area contributed by atoms with Crippen molar-refractivity contribution in [1.29, 1.82) is 0 Å². The topological polar surface area (TPSA) is 129 Å². The zero-order valence-corrected chi connectivity index (χ0v) is 25.4. The molecule has 226 valence electrons. The number of nitrogens with one attached hydrogen (secondary N) is 3. The van der Waals surface area contributed by atoms with Gasteiger partial charge in [-0.05, 0) is 68.2 Å². The number of aromatic amines is 2. The van der Waals surface area contributed by atoms with E-state index in [0.717, 1.165) is 27.5 Å². The van der Waals surface area contributed by atoms with Crippen LogP contribution in [0.25, 0.3) is 55.6 Å². The van der Waals surface area contributed by atoms with E-state index in [1.165, 1.54) is 18.3 Å². The van der Waals surface area contributed by atoms with Crippen LogP contribution >= 0.6 is 0 Å². The number of sulfone groups is 1. The minimum atomic E-state index is -3.54. The van der Waals surface area contributed by atoms with Gasteiger partial charge in [0.25, 0.3) is 0 Å². The van der Waals surface area contributed by atoms with E-state index in [9.17, 15) is 12.8 Å². The Balaban J connectivity index is 1.37. The Morgan fingerprint density at radius 3 is 2.64 bits per heavy atom. The number of fused-ring (bicyclic) bond motifs is 2. The number of H-pyrrole nitrogens is 2. The molecular weight excluding hydrogens is 581 g/mol. The standard InChI is InChI=1S/C32H32FN7O3S/c1-4-34-19-44(41,42)25-12-21(16-35-18-25)22-13-28-31(38-39-32(28)36-17-22)30-15-27-26(6-5-7-29(27)37-30)20-10-23(33)14-24(11-20)43-9-8-40(2)3/h5-7,10-18,34,37H,4,8-9,19H2,1-3H3,(H,36,38,39). The molecule has 4 heterocycles. The number of rotatable bonds is 11. The summed E-state index contributed by atoms with van der Waals surface area (Å²) < 4.78 is 46.0. The van der Waals surface area contributed by atoms with Crippen LogP contribution in [0.5, 0.6) is 5.75 Å². The first kappa shape index (κ1) is 29.4. The summed E-state index contributed by atoms with van der Waals surface area (Å²) in [5, 5.41) is 12.0. The molecule has 0 saturated carbocycles. The van der Waals surface area contributed by atoms with E-state index in [1.807, 2.05) is 62.3 Å². The lowest BCUT2D eigenvalue weighted by atomic mass is 10.0. The van der Waals surface area contributed by atoms with Crippen LogP contribution in [0.1, 0.15) is 6.92 Å². The van der Waals surface area contributed by atoms with Crippen molar-refractivity contribution in [3.8, 4) is 39.4 Å². The molecule has 0 radical (unpaired) electrons. The van der Waals surface area contributed by atoms with Gasteiger partial charge in [0.15, 0.2) is 15.5 Å².